The highest BCUT2D eigenvalue weighted by Crippen LogP contribution is 2.33. The SMILES string of the molecule is Nc1ncc(CNSC2CC2)c2ccc(-c3cccc(F)c3)cc12. The monoisotopic (exact) mass is 339 g/mol. The van der Waals surface area contributed by atoms with Gasteiger partial charge in [-0.3, -0.25) is 4.72 Å². The van der Waals surface area contributed by atoms with E-state index in [-0.39, 0.29) is 5.82 Å². The third kappa shape index (κ3) is 3.23. The van der Waals surface area contributed by atoms with Crippen LogP contribution < -0.4 is 10.5 Å². The van der Waals surface area contributed by atoms with Gasteiger partial charge in [-0.05, 0) is 53.1 Å². The summed E-state index contributed by atoms with van der Waals surface area (Å²) >= 11 is 1.80. The van der Waals surface area contributed by atoms with Gasteiger partial charge >= 0.3 is 0 Å². The number of nitrogens with two attached hydrogens (primary N) is 1. The third-order valence-electron chi connectivity index (χ3n) is 4.20. The number of halogens is 1. The van der Waals surface area contributed by atoms with Gasteiger partial charge in [-0.25, -0.2) is 9.37 Å². The second kappa shape index (κ2) is 6.42. The van der Waals surface area contributed by atoms with Crippen LogP contribution in [0.25, 0.3) is 21.9 Å². The Morgan fingerprint density at radius 2 is 1.96 bits per heavy atom. The molecular weight excluding hydrogens is 321 g/mol. The summed E-state index contributed by atoms with van der Waals surface area (Å²) in [5, 5.41) is 2.76. The van der Waals surface area contributed by atoms with E-state index in [2.05, 4.69) is 9.71 Å². The maximum atomic E-state index is 13.5. The third-order valence-corrected chi connectivity index (χ3v) is 5.31. The molecule has 0 unspecified atom stereocenters. The second-order valence-corrected chi connectivity index (χ2v) is 7.27. The normalized spacial score (nSPS) is 14.2. The molecule has 3 nitrogen and oxygen atoms in total. The van der Waals surface area contributed by atoms with Crippen molar-refractivity contribution >= 4 is 28.5 Å². The molecule has 1 saturated carbocycles. The topological polar surface area (TPSA) is 50.9 Å². The molecule has 0 atom stereocenters. The fourth-order valence-corrected chi connectivity index (χ4v) is 3.58. The van der Waals surface area contributed by atoms with Crippen LogP contribution in [0.5, 0.6) is 0 Å². The number of rotatable bonds is 5. The second-order valence-electron chi connectivity index (χ2n) is 6.08. The average molecular weight is 339 g/mol. The zero-order chi connectivity index (χ0) is 16.5. The molecule has 4 rings (SSSR count). The van der Waals surface area contributed by atoms with E-state index in [0.717, 1.165) is 39.3 Å². The van der Waals surface area contributed by atoms with Crippen LogP contribution >= 0.6 is 11.9 Å². The van der Waals surface area contributed by atoms with Gasteiger partial charge in [0.2, 0.25) is 0 Å². The van der Waals surface area contributed by atoms with Gasteiger partial charge in [-0.1, -0.05) is 36.2 Å². The van der Waals surface area contributed by atoms with Crippen molar-refractivity contribution in [2.45, 2.75) is 24.6 Å². The molecule has 3 N–H and O–H groups in total. The molecule has 1 fully saturated rings. The van der Waals surface area contributed by atoms with Crippen molar-refractivity contribution in [3.63, 3.8) is 0 Å². The Morgan fingerprint density at radius 3 is 2.75 bits per heavy atom. The molecule has 0 bridgehead atoms. The summed E-state index contributed by atoms with van der Waals surface area (Å²) in [7, 11) is 0. The largest absolute Gasteiger partial charge is 0.383 e. The molecule has 24 heavy (non-hydrogen) atoms. The Balaban J connectivity index is 1.69. The predicted molar refractivity (Wildman–Crippen MR) is 99.0 cm³/mol. The number of benzene rings is 2. The van der Waals surface area contributed by atoms with Crippen molar-refractivity contribution in [3.8, 4) is 11.1 Å². The first-order valence-corrected chi connectivity index (χ1v) is 8.90. The standard InChI is InChI=1S/C19H18FN3S/c20-15-3-1-2-12(8-15)13-4-7-17-14(11-23-24-16-5-6-16)10-22-19(21)18(17)9-13/h1-4,7-10,16,23H,5-6,11H2,(H2,21,22). The molecular formula is C19H18FN3S. The number of nitrogens with zero attached hydrogens (tertiary/aromatic N) is 1. The van der Waals surface area contributed by atoms with Crippen molar-refractivity contribution in [3.05, 3.63) is 60.0 Å². The summed E-state index contributed by atoms with van der Waals surface area (Å²) < 4.78 is 16.9. The number of aromatic nitrogens is 1. The maximum absolute atomic E-state index is 13.5. The maximum Gasteiger partial charge on any atom is 0.131 e. The van der Waals surface area contributed by atoms with Gasteiger partial charge in [0.15, 0.2) is 0 Å². The zero-order valence-corrected chi connectivity index (χ0v) is 13.9. The van der Waals surface area contributed by atoms with Gasteiger partial charge in [0.05, 0.1) is 0 Å². The van der Waals surface area contributed by atoms with E-state index in [1.165, 1.54) is 25.0 Å². The Labute approximate surface area is 144 Å². The zero-order valence-electron chi connectivity index (χ0n) is 13.1. The molecule has 0 radical (unpaired) electrons. The van der Waals surface area contributed by atoms with Crippen molar-refractivity contribution < 1.29 is 4.39 Å². The highest BCUT2D eigenvalue weighted by molar-refractivity contribution is 7.98. The van der Waals surface area contributed by atoms with Crippen LogP contribution in [0, 0.1) is 5.82 Å². The molecule has 1 aliphatic carbocycles. The molecule has 0 spiro atoms. The molecule has 2 aromatic carbocycles. The van der Waals surface area contributed by atoms with Crippen LogP contribution in [0.3, 0.4) is 0 Å². The van der Waals surface area contributed by atoms with E-state index in [0.29, 0.717) is 5.82 Å². The van der Waals surface area contributed by atoms with Crippen molar-refractivity contribution in [1.29, 1.82) is 0 Å². The lowest BCUT2D eigenvalue weighted by molar-refractivity contribution is 0.628. The Morgan fingerprint density at radius 1 is 1.12 bits per heavy atom. The smallest absolute Gasteiger partial charge is 0.131 e. The van der Waals surface area contributed by atoms with Crippen molar-refractivity contribution in [1.82, 2.24) is 9.71 Å². The molecule has 3 aromatic rings. The van der Waals surface area contributed by atoms with E-state index in [9.17, 15) is 4.39 Å². The summed E-state index contributed by atoms with van der Waals surface area (Å²) in [5.41, 5.74) is 8.98. The minimum Gasteiger partial charge on any atom is -0.383 e. The fraction of sp³-hybridized carbons (Fsp3) is 0.211. The number of pyridine rings is 1. The van der Waals surface area contributed by atoms with Gasteiger partial charge < -0.3 is 5.73 Å². The molecule has 0 aliphatic heterocycles. The van der Waals surface area contributed by atoms with E-state index >= 15 is 0 Å². The first-order valence-electron chi connectivity index (χ1n) is 8.02. The predicted octanol–water partition coefficient (Wildman–Crippen LogP) is 4.52. The molecule has 5 heteroatoms. The van der Waals surface area contributed by atoms with E-state index < -0.39 is 0 Å². The Kier molecular flexibility index (Phi) is 4.12. The van der Waals surface area contributed by atoms with Gasteiger partial charge in [-0.15, -0.1) is 0 Å². The molecule has 1 aliphatic rings. The quantitative estimate of drug-likeness (QED) is 0.671. The first kappa shape index (κ1) is 15.4. The average Bonchev–Trinajstić information content (AvgIpc) is 3.41. The molecule has 122 valence electrons. The van der Waals surface area contributed by atoms with E-state index in [1.807, 2.05) is 30.5 Å². The number of nitrogen functional groups attached to an aromatic ring is 1. The summed E-state index contributed by atoms with van der Waals surface area (Å²) in [6, 6.07) is 12.6. The lowest BCUT2D eigenvalue weighted by Gasteiger charge is -2.11. The van der Waals surface area contributed by atoms with Gasteiger partial charge in [0.25, 0.3) is 0 Å². The van der Waals surface area contributed by atoms with Crippen molar-refractivity contribution in [2.24, 2.45) is 0 Å². The molecule has 1 aromatic heterocycles. The van der Waals surface area contributed by atoms with Crippen LogP contribution in [-0.4, -0.2) is 10.2 Å². The van der Waals surface area contributed by atoms with Gasteiger partial charge in [-0.2, -0.15) is 0 Å². The summed E-state index contributed by atoms with van der Waals surface area (Å²) in [5.74, 6) is 0.260. The van der Waals surface area contributed by atoms with Gasteiger partial charge in [0.1, 0.15) is 11.6 Å². The number of nitrogens with one attached hydrogen (secondary N) is 1. The van der Waals surface area contributed by atoms with Crippen LogP contribution in [0.4, 0.5) is 10.2 Å². The highest BCUT2D eigenvalue weighted by Gasteiger charge is 2.21. The lowest BCUT2D eigenvalue weighted by Crippen LogP contribution is -2.06. The molecule has 0 saturated heterocycles. The summed E-state index contributed by atoms with van der Waals surface area (Å²) in [6.45, 7) is 0.754. The number of fused-ring (bicyclic) bond motifs is 1. The van der Waals surface area contributed by atoms with Gasteiger partial charge in [0, 0.05) is 23.4 Å². The van der Waals surface area contributed by atoms with E-state index in [1.54, 1.807) is 18.0 Å². The molecule has 0 amide bonds. The number of anilines is 1. The van der Waals surface area contributed by atoms with Crippen molar-refractivity contribution in [2.75, 3.05) is 5.73 Å². The van der Waals surface area contributed by atoms with Crippen LogP contribution in [-0.2, 0) is 6.54 Å². The number of hydrogen-bond donors (Lipinski definition) is 2. The van der Waals surface area contributed by atoms with Crippen LogP contribution in [0.1, 0.15) is 18.4 Å². The highest BCUT2D eigenvalue weighted by atomic mass is 32.2. The minimum atomic E-state index is -0.242. The minimum absolute atomic E-state index is 0.242. The summed E-state index contributed by atoms with van der Waals surface area (Å²) in [6.07, 6.45) is 4.44. The fourth-order valence-electron chi connectivity index (χ4n) is 2.73. The Hall–Kier alpha value is -2.11. The lowest BCUT2D eigenvalue weighted by atomic mass is 9.99. The van der Waals surface area contributed by atoms with Crippen LogP contribution in [0.2, 0.25) is 0 Å². The van der Waals surface area contributed by atoms with Crippen LogP contribution in [0.15, 0.2) is 48.7 Å². The Bertz CT molecular complexity index is 893. The summed E-state index contributed by atoms with van der Waals surface area (Å²) in [4.78, 5) is 4.33. The first-order chi connectivity index (χ1) is 11.7. The molecule has 1 heterocycles. The van der Waals surface area contributed by atoms with E-state index in [4.69, 9.17) is 5.73 Å². The number of hydrogen-bond acceptors (Lipinski definition) is 4.